The molecule has 6 heteroatoms. The number of hydrogen-bond donors (Lipinski definition) is 1. The largest absolute Gasteiger partial charge is 0.477 e. The van der Waals surface area contributed by atoms with Gasteiger partial charge in [0.15, 0.2) is 0 Å². The van der Waals surface area contributed by atoms with Gasteiger partial charge in [-0.2, -0.15) is 0 Å². The maximum Gasteiger partial charge on any atom is 0.347 e. The average molecular weight is 286 g/mol. The fourth-order valence-corrected chi connectivity index (χ4v) is 2.72. The third-order valence-electron chi connectivity index (χ3n) is 2.39. The first-order valence-corrected chi connectivity index (χ1v) is 6.40. The topological polar surface area (TPSA) is 50.2 Å². The minimum absolute atomic E-state index is 0.154. The summed E-state index contributed by atoms with van der Waals surface area (Å²) in [7, 11) is 0. The van der Waals surface area contributed by atoms with Crippen LogP contribution in [0.15, 0.2) is 18.2 Å². The first kappa shape index (κ1) is 13.0. The number of aromatic carboxylic acids is 1. The van der Waals surface area contributed by atoms with E-state index in [0.29, 0.717) is 22.1 Å². The number of aryl methyl sites for hydroxylation is 1. The molecule has 0 bridgehead atoms. The summed E-state index contributed by atoms with van der Waals surface area (Å²) >= 11 is 6.64. The fourth-order valence-electron chi connectivity index (χ4n) is 1.54. The number of carboxylic acid groups (broad SMARTS) is 1. The normalized spacial score (nSPS) is 10.6. The van der Waals surface area contributed by atoms with E-state index in [0.717, 1.165) is 11.3 Å². The van der Waals surface area contributed by atoms with Crippen LogP contribution in [0.1, 0.15) is 22.3 Å². The summed E-state index contributed by atoms with van der Waals surface area (Å²) in [6.45, 7) is 1.81. The summed E-state index contributed by atoms with van der Waals surface area (Å²) in [5.41, 5.74) is 0.739. The molecule has 3 nitrogen and oxygen atoms in total. The summed E-state index contributed by atoms with van der Waals surface area (Å²) in [4.78, 5) is 15.3. The number of halogens is 2. The van der Waals surface area contributed by atoms with Crippen molar-refractivity contribution in [1.29, 1.82) is 0 Å². The molecule has 0 fully saturated rings. The van der Waals surface area contributed by atoms with E-state index >= 15 is 0 Å². The van der Waals surface area contributed by atoms with Crippen LogP contribution in [0.4, 0.5) is 4.39 Å². The Bertz CT molecular complexity index is 612. The van der Waals surface area contributed by atoms with Gasteiger partial charge < -0.3 is 5.11 Å². The Hall–Kier alpha value is -1.46. The van der Waals surface area contributed by atoms with Crippen LogP contribution in [0.25, 0.3) is 10.6 Å². The number of carbonyl (C=O) groups is 1. The second kappa shape index (κ2) is 5.04. The minimum atomic E-state index is -1.04. The van der Waals surface area contributed by atoms with Gasteiger partial charge in [-0.05, 0) is 24.6 Å². The van der Waals surface area contributed by atoms with Crippen LogP contribution < -0.4 is 0 Å². The van der Waals surface area contributed by atoms with Crippen molar-refractivity contribution >= 4 is 28.9 Å². The van der Waals surface area contributed by atoms with Gasteiger partial charge in [0, 0.05) is 10.6 Å². The summed E-state index contributed by atoms with van der Waals surface area (Å²) in [6.07, 6.45) is 0.493. The maximum absolute atomic E-state index is 13.7. The van der Waals surface area contributed by atoms with Crippen molar-refractivity contribution in [3.8, 4) is 10.6 Å². The lowest BCUT2D eigenvalue weighted by Gasteiger charge is -1.98. The molecule has 0 atom stereocenters. The third-order valence-corrected chi connectivity index (χ3v) is 3.74. The number of benzene rings is 1. The molecule has 0 aliphatic heterocycles. The minimum Gasteiger partial charge on any atom is -0.477 e. The van der Waals surface area contributed by atoms with E-state index in [1.807, 2.05) is 6.92 Å². The molecule has 1 heterocycles. The van der Waals surface area contributed by atoms with Crippen molar-refractivity contribution in [3.63, 3.8) is 0 Å². The highest BCUT2D eigenvalue weighted by molar-refractivity contribution is 7.17. The molecule has 1 aromatic carbocycles. The number of aromatic nitrogens is 1. The molecule has 0 spiro atoms. The standard InChI is InChI=1S/C12H9ClFNO2S/c1-2-9-10(12(16)17)18-11(15-9)7-4-3-6(13)5-8(7)14/h3-5H,2H2,1H3,(H,16,17). The van der Waals surface area contributed by atoms with Gasteiger partial charge in [0.25, 0.3) is 0 Å². The Morgan fingerprint density at radius 1 is 1.56 bits per heavy atom. The van der Waals surface area contributed by atoms with Gasteiger partial charge in [0.1, 0.15) is 15.7 Å². The number of rotatable bonds is 3. The van der Waals surface area contributed by atoms with E-state index in [9.17, 15) is 9.18 Å². The molecule has 0 amide bonds. The SMILES string of the molecule is CCc1nc(-c2ccc(Cl)cc2F)sc1C(=O)O. The van der Waals surface area contributed by atoms with Crippen molar-refractivity contribution in [2.75, 3.05) is 0 Å². The Balaban J connectivity index is 2.54. The second-order valence-electron chi connectivity index (χ2n) is 3.58. The van der Waals surface area contributed by atoms with Crippen LogP contribution in [0.5, 0.6) is 0 Å². The molecule has 0 aliphatic carbocycles. The average Bonchev–Trinajstić information content (AvgIpc) is 2.73. The molecule has 1 N–H and O–H groups in total. The van der Waals surface area contributed by atoms with Gasteiger partial charge in [-0.15, -0.1) is 11.3 Å². The van der Waals surface area contributed by atoms with Crippen LogP contribution in [-0.4, -0.2) is 16.1 Å². The van der Waals surface area contributed by atoms with Gasteiger partial charge in [0.05, 0.1) is 5.69 Å². The fraction of sp³-hybridized carbons (Fsp3) is 0.167. The molecular formula is C12H9ClFNO2S. The van der Waals surface area contributed by atoms with Crippen molar-refractivity contribution < 1.29 is 14.3 Å². The highest BCUT2D eigenvalue weighted by Gasteiger charge is 2.18. The van der Waals surface area contributed by atoms with E-state index in [2.05, 4.69) is 4.98 Å². The summed E-state index contributed by atoms with van der Waals surface area (Å²) in [5.74, 6) is -1.54. The zero-order valence-electron chi connectivity index (χ0n) is 9.41. The Morgan fingerprint density at radius 3 is 2.78 bits per heavy atom. The Kier molecular flexibility index (Phi) is 3.63. The number of hydrogen-bond acceptors (Lipinski definition) is 3. The molecule has 2 aromatic rings. The Morgan fingerprint density at radius 2 is 2.28 bits per heavy atom. The van der Waals surface area contributed by atoms with Gasteiger partial charge in [-0.3, -0.25) is 0 Å². The zero-order valence-corrected chi connectivity index (χ0v) is 11.0. The number of thiazole rings is 1. The molecule has 0 unspecified atom stereocenters. The monoisotopic (exact) mass is 285 g/mol. The molecule has 2 rings (SSSR count). The molecular weight excluding hydrogens is 277 g/mol. The van der Waals surface area contributed by atoms with Gasteiger partial charge in [-0.25, -0.2) is 14.2 Å². The molecule has 0 radical (unpaired) electrons. The van der Waals surface area contributed by atoms with E-state index < -0.39 is 11.8 Å². The van der Waals surface area contributed by atoms with E-state index in [1.54, 1.807) is 6.07 Å². The lowest BCUT2D eigenvalue weighted by molar-refractivity contribution is 0.0701. The van der Waals surface area contributed by atoms with Crippen LogP contribution in [0.3, 0.4) is 0 Å². The van der Waals surface area contributed by atoms with Crippen molar-refractivity contribution in [2.45, 2.75) is 13.3 Å². The highest BCUT2D eigenvalue weighted by Crippen LogP contribution is 2.31. The highest BCUT2D eigenvalue weighted by atomic mass is 35.5. The van der Waals surface area contributed by atoms with Crippen molar-refractivity contribution in [1.82, 2.24) is 4.98 Å². The van der Waals surface area contributed by atoms with Gasteiger partial charge in [0.2, 0.25) is 0 Å². The van der Waals surface area contributed by atoms with E-state index in [-0.39, 0.29) is 10.4 Å². The first-order valence-electron chi connectivity index (χ1n) is 5.21. The maximum atomic E-state index is 13.7. The predicted octanol–water partition coefficient (Wildman–Crippen LogP) is 3.86. The van der Waals surface area contributed by atoms with E-state index in [4.69, 9.17) is 16.7 Å². The lowest BCUT2D eigenvalue weighted by Crippen LogP contribution is -1.97. The molecule has 94 valence electrons. The molecule has 0 saturated heterocycles. The second-order valence-corrected chi connectivity index (χ2v) is 5.01. The lowest BCUT2D eigenvalue weighted by atomic mass is 10.2. The van der Waals surface area contributed by atoms with Crippen molar-refractivity contribution in [3.05, 3.63) is 39.6 Å². The molecule has 0 saturated carbocycles. The van der Waals surface area contributed by atoms with Crippen molar-refractivity contribution in [2.24, 2.45) is 0 Å². The molecule has 1 aromatic heterocycles. The molecule has 0 aliphatic rings. The zero-order chi connectivity index (χ0) is 13.3. The first-order chi connectivity index (χ1) is 8.52. The van der Waals surface area contributed by atoms with Gasteiger partial charge in [-0.1, -0.05) is 18.5 Å². The number of carboxylic acids is 1. The third kappa shape index (κ3) is 2.37. The van der Waals surface area contributed by atoms with Crippen LogP contribution in [0.2, 0.25) is 5.02 Å². The molecule has 18 heavy (non-hydrogen) atoms. The predicted molar refractivity (Wildman–Crippen MR) is 68.9 cm³/mol. The Labute approximate surface area is 112 Å². The quantitative estimate of drug-likeness (QED) is 0.931. The number of nitrogens with zero attached hydrogens (tertiary/aromatic N) is 1. The summed E-state index contributed by atoms with van der Waals surface area (Å²) in [5, 5.41) is 9.68. The van der Waals surface area contributed by atoms with E-state index in [1.165, 1.54) is 12.1 Å². The summed E-state index contributed by atoms with van der Waals surface area (Å²) < 4.78 is 13.7. The smallest absolute Gasteiger partial charge is 0.347 e. The van der Waals surface area contributed by atoms with Crippen LogP contribution >= 0.6 is 22.9 Å². The van der Waals surface area contributed by atoms with Crippen LogP contribution in [-0.2, 0) is 6.42 Å². The van der Waals surface area contributed by atoms with Crippen LogP contribution in [0, 0.1) is 5.82 Å². The van der Waals surface area contributed by atoms with Gasteiger partial charge >= 0.3 is 5.97 Å². The summed E-state index contributed by atoms with van der Waals surface area (Å²) in [6, 6.07) is 4.24.